The maximum absolute atomic E-state index is 13.6. The van der Waals surface area contributed by atoms with Gasteiger partial charge < -0.3 is 69.8 Å². The zero-order chi connectivity index (χ0) is 76.6. The molecule has 0 fully saturated rings. The van der Waals surface area contributed by atoms with Crippen LogP contribution < -0.4 is 69.8 Å². The molecule has 1 aliphatic carbocycles. The number of nitrogens with zero attached hydrogens (tertiary/aromatic N) is 2. The largest absolute Gasteiger partial charge is 0.453 e. The maximum Gasteiger partial charge on any atom is 0.224 e. The normalized spacial score (nSPS) is 15.6. The van der Waals surface area contributed by atoms with Gasteiger partial charge in [-0.3, -0.25) is 28.8 Å². The molecule has 9 aromatic rings. The van der Waals surface area contributed by atoms with Crippen molar-refractivity contribution in [2.24, 2.45) is 10.2 Å². The number of fused-ring (bicyclic) bond motifs is 4. The van der Waals surface area contributed by atoms with E-state index in [1.807, 2.05) is 48.5 Å². The molecule has 0 saturated carbocycles. The van der Waals surface area contributed by atoms with Gasteiger partial charge in [0.05, 0.1) is 45.5 Å². The molecule has 0 radical (unpaired) electrons. The van der Waals surface area contributed by atoms with E-state index in [1.54, 1.807) is 90.1 Å². The van der Waals surface area contributed by atoms with Crippen molar-refractivity contribution in [3.05, 3.63) is 177 Å². The van der Waals surface area contributed by atoms with Crippen LogP contribution in [0.2, 0.25) is 0 Å². The third-order valence-corrected chi connectivity index (χ3v) is 20.5. The summed E-state index contributed by atoms with van der Waals surface area (Å²) in [7, 11) is 0. The third kappa shape index (κ3) is 14.7. The Kier molecular flexibility index (Phi) is 20.9. The van der Waals surface area contributed by atoms with Crippen LogP contribution in [0.15, 0.2) is 138 Å². The molecule has 6 amide bonds. The van der Waals surface area contributed by atoms with Gasteiger partial charge in [0, 0.05) is 173 Å². The molecule has 0 saturated heterocycles. The zero-order valence-electron chi connectivity index (χ0n) is 63.2. The smallest absolute Gasteiger partial charge is 0.224 e. The molecule has 560 valence electrons. The van der Waals surface area contributed by atoms with Crippen molar-refractivity contribution >= 4 is 80.9 Å². The Morgan fingerprint density at radius 3 is 0.734 bits per heavy atom. The van der Waals surface area contributed by atoms with Crippen molar-refractivity contribution < 1.29 is 66.7 Å². The number of hydrogen-bond acceptors (Lipinski definition) is 16. The average molecular weight is 1470 g/mol. The fourth-order valence-corrected chi connectivity index (χ4v) is 14.6. The van der Waals surface area contributed by atoms with Crippen LogP contribution in [0.3, 0.4) is 0 Å². The van der Waals surface area contributed by atoms with Crippen LogP contribution in [-0.2, 0) is 28.8 Å². The topological polar surface area (TPSA) is 273 Å². The van der Waals surface area contributed by atoms with E-state index in [2.05, 4.69) is 104 Å². The highest BCUT2D eigenvalue weighted by molar-refractivity contribution is 6.03. The lowest BCUT2D eigenvalue weighted by molar-refractivity contribution is -0.116. The zero-order valence-corrected chi connectivity index (χ0v) is 63.2. The Balaban J connectivity index is 1.13. The number of carbonyl (C=O) groups excluding carboxylic acids is 6. The molecule has 109 heavy (non-hydrogen) atoms. The van der Waals surface area contributed by atoms with E-state index in [0.717, 1.165) is 44.5 Å². The Labute approximate surface area is 633 Å². The van der Waals surface area contributed by atoms with Gasteiger partial charge in [-0.1, -0.05) is 95.2 Å². The molecule has 0 aromatic heterocycles. The van der Waals surface area contributed by atoms with E-state index < -0.39 is 23.7 Å². The van der Waals surface area contributed by atoms with Gasteiger partial charge in [0.1, 0.15) is 46.0 Å². The molecule has 4 aliphatic heterocycles. The summed E-state index contributed by atoms with van der Waals surface area (Å²) in [5.41, 5.74) is 9.68. The van der Waals surface area contributed by atoms with Crippen molar-refractivity contribution in [1.82, 2.24) is 0 Å². The highest BCUT2D eigenvalue weighted by Gasteiger charge is 2.39. The molecule has 3 unspecified atom stereocenters. The summed E-state index contributed by atoms with van der Waals surface area (Å²) >= 11 is 0. The summed E-state index contributed by atoms with van der Waals surface area (Å²) in [6.45, 7) is 23.1. The van der Waals surface area contributed by atoms with Crippen molar-refractivity contribution in [2.75, 3.05) is 31.9 Å². The van der Waals surface area contributed by atoms with Crippen LogP contribution in [0.1, 0.15) is 227 Å². The minimum absolute atomic E-state index is 0.114. The number of nitrogens with one attached hydrogen (secondary N) is 6. The summed E-state index contributed by atoms with van der Waals surface area (Å²) in [6, 6.07) is 39.3. The molecule has 9 aromatic carbocycles. The molecule has 22 heteroatoms. The first-order valence-corrected chi connectivity index (χ1v) is 37.9. The van der Waals surface area contributed by atoms with Gasteiger partial charge in [0.2, 0.25) is 35.4 Å². The van der Waals surface area contributed by atoms with Gasteiger partial charge >= 0.3 is 0 Å². The second-order valence-electron chi connectivity index (χ2n) is 27.9. The molecule has 22 nitrogen and oxygen atoms in total. The molecule has 0 spiro atoms. The van der Waals surface area contributed by atoms with Gasteiger partial charge in [-0.15, -0.1) is 0 Å². The van der Waals surface area contributed by atoms with Crippen molar-refractivity contribution in [2.45, 2.75) is 177 Å². The predicted octanol–water partition coefficient (Wildman–Crippen LogP) is 23.4. The minimum atomic E-state index is -0.562. The molecular weight excluding hydrogens is 1380 g/mol. The lowest BCUT2D eigenvalue weighted by atomic mass is 9.77. The number of benzene rings is 9. The minimum Gasteiger partial charge on any atom is -0.453 e. The summed E-state index contributed by atoms with van der Waals surface area (Å²) in [4.78, 5) is 81.5. The van der Waals surface area contributed by atoms with Gasteiger partial charge in [-0.25, -0.2) is 0 Å². The Bertz CT molecular complexity index is 5240. The molecule has 8 bridgehead atoms. The number of ether oxygens (including phenoxy) is 8. The average Bonchev–Trinajstić information content (AvgIpc) is 1.69. The van der Waals surface area contributed by atoms with Crippen LogP contribution in [0.25, 0.3) is 0 Å². The SMILES string of the molecule is CCC(=O)Nc1cc2c(cc1NC(=O)CC)Oc1cc3c4cc1C(CC)c1cc5c(cc1O2)Oc1cc(NC(=O)CC)c(NC(=O)CC)cc1Oc1cc2c(cc1C5CC)[C@@H](CC)c1cc(c(cc1Oc1cc(N=Nc5cccc(C(C)C)c5)ccc1O2)Oc1cc(NC(=O)CC)c(NC(=O)CC)cc1O3)C4CC. The predicted molar refractivity (Wildman–Crippen MR) is 419 cm³/mol. The van der Waals surface area contributed by atoms with E-state index in [9.17, 15) is 28.8 Å². The first kappa shape index (κ1) is 73.7. The molecular formula is C87H88N8O14. The number of carbonyl (C=O) groups is 6. The standard InChI is InChI=1S/C87H88N8O14/c1-13-48-52-30-54-49(14-2)56-32-58-51(16-4)59-33-57-50(15-3)55-31-53(48)68-41-70(55)105-78-36-62(90-84(98)19-7)63(91-85(99)20-8)37-79(78)107-72(57)43-74(59)109-81-39-65(93-87(101)22-10)64(92-86(100)21-9)38-80(81)108-73(58)42-71(56)106-77-35-61(89-83(97)18-6)60(88-82(96)17-5)34-76(77)104-69(54)40-67(52)102-66-27-26-47(29-75(66)103-68)95-94-46-25-23-24-45(28-46)44(11)12/h23-44,48-51H,13-22H2,1-12H3,(H,88,96)(H,89,97)(H,90,98)(H,91,99)(H,92,100)(H,93,101)/t48-,49?,50?,51?/m1/s1. The first-order valence-electron chi connectivity index (χ1n) is 37.9. The summed E-state index contributed by atoms with van der Waals surface area (Å²) in [5, 5.41) is 27.5. The Morgan fingerprint density at radius 1 is 0.275 bits per heavy atom. The van der Waals surface area contributed by atoms with Crippen LogP contribution in [0, 0.1) is 0 Å². The Morgan fingerprint density at radius 2 is 0.505 bits per heavy atom. The quantitative estimate of drug-likeness (QED) is 0.0411. The second-order valence-corrected chi connectivity index (χ2v) is 27.9. The number of hydrogen-bond donors (Lipinski definition) is 6. The van der Waals surface area contributed by atoms with Gasteiger partial charge in [0.15, 0.2) is 46.0 Å². The number of azo groups is 1. The number of amides is 6. The summed E-state index contributed by atoms with van der Waals surface area (Å²) < 4.78 is 59.2. The van der Waals surface area contributed by atoms with E-state index in [1.165, 1.54) is 0 Å². The molecule has 4 atom stereocenters. The van der Waals surface area contributed by atoms with Crippen LogP contribution in [-0.4, -0.2) is 35.4 Å². The molecule has 6 N–H and O–H groups in total. The number of rotatable bonds is 19. The van der Waals surface area contributed by atoms with E-state index >= 15 is 0 Å². The van der Waals surface area contributed by atoms with Crippen molar-refractivity contribution in [3.63, 3.8) is 0 Å². The number of anilines is 6. The van der Waals surface area contributed by atoms with E-state index in [0.29, 0.717) is 94.4 Å². The van der Waals surface area contributed by atoms with Crippen LogP contribution in [0.4, 0.5) is 45.5 Å². The maximum atomic E-state index is 13.6. The molecule has 4 heterocycles. The summed E-state index contributed by atoms with van der Waals surface area (Å²) in [6.07, 6.45) is 2.63. The highest BCUT2D eigenvalue weighted by atomic mass is 16.5. The van der Waals surface area contributed by atoms with E-state index in [4.69, 9.17) is 48.1 Å². The van der Waals surface area contributed by atoms with Gasteiger partial charge in [-0.2, -0.15) is 10.2 Å². The lowest BCUT2D eigenvalue weighted by Crippen LogP contribution is -2.15. The molecule has 14 rings (SSSR count). The highest BCUT2D eigenvalue weighted by Crippen LogP contribution is 2.60. The van der Waals surface area contributed by atoms with Gasteiger partial charge in [0.25, 0.3) is 0 Å². The van der Waals surface area contributed by atoms with Gasteiger partial charge in [-0.05, 0) is 85.7 Å². The van der Waals surface area contributed by atoms with Crippen LogP contribution in [0.5, 0.6) is 92.0 Å². The monoisotopic (exact) mass is 1470 g/mol. The van der Waals surface area contributed by atoms with Crippen LogP contribution >= 0.6 is 0 Å². The first-order chi connectivity index (χ1) is 52.7. The summed E-state index contributed by atoms with van der Waals surface area (Å²) in [5.74, 6) is 0.718. The second kappa shape index (κ2) is 30.9. The lowest BCUT2D eigenvalue weighted by Gasteiger charge is -2.29. The van der Waals surface area contributed by atoms with Crippen molar-refractivity contribution in [3.8, 4) is 92.0 Å². The molecule has 5 aliphatic rings. The van der Waals surface area contributed by atoms with E-state index in [-0.39, 0.29) is 154 Å². The fraction of sp³-hybridized carbons (Fsp3) is 0.310. The fourth-order valence-electron chi connectivity index (χ4n) is 14.6. The Hall–Kier alpha value is -12.2. The van der Waals surface area contributed by atoms with Crippen molar-refractivity contribution in [1.29, 1.82) is 0 Å². The third-order valence-electron chi connectivity index (χ3n) is 20.5.